The molecule has 1 aromatic carbocycles. The second kappa shape index (κ2) is 6.74. The lowest BCUT2D eigenvalue weighted by Gasteiger charge is -2.35. The zero-order valence-corrected chi connectivity index (χ0v) is 13.4. The summed E-state index contributed by atoms with van der Waals surface area (Å²) in [6.45, 7) is 0.472. The number of amides is 1. The van der Waals surface area contributed by atoms with Crippen molar-refractivity contribution in [1.82, 2.24) is 4.90 Å². The zero-order valence-electron chi connectivity index (χ0n) is 13.4. The Kier molecular flexibility index (Phi) is 4.65. The highest BCUT2D eigenvalue weighted by atomic mass is 19.4. The molecule has 1 amide bonds. The van der Waals surface area contributed by atoms with Crippen molar-refractivity contribution in [1.29, 1.82) is 0 Å². The number of nitrogens with zero attached hydrogens (tertiary/aromatic N) is 2. The van der Waals surface area contributed by atoms with Crippen LogP contribution < -0.4 is 4.73 Å². The predicted octanol–water partition coefficient (Wildman–Crippen LogP) is 3.71. The maximum atomic E-state index is 12.8. The van der Waals surface area contributed by atoms with Gasteiger partial charge in [-0.15, -0.1) is 0 Å². The highest BCUT2D eigenvalue weighted by molar-refractivity contribution is 5.91. The van der Waals surface area contributed by atoms with Crippen LogP contribution in [0, 0.1) is 5.21 Å². The summed E-state index contributed by atoms with van der Waals surface area (Å²) in [6.07, 6.45) is -0.804. The van der Waals surface area contributed by atoms with E-state index in [1.807, 2.05) is 0 Å². The Hall–Kier alpha value is -2.57. The highest BCUT2D eigenvalue weighted by Gasteiger charge is 2.34. The first-order chi connectivity index (χ1) is 11.9. The number of pyridine rings is 1. The molecule has 0 radical (unpaired) electrons. The van der Waals surface area contributed by atoms with Crippen molar-refractivity contribution < 1.29 is 22.7 Å². The van der Waals surface area contributed by atoms with Crippen LogP contribution in [0.5, 0.6) is 0 Å². The van der Waals surface area contributed by atoms with Gasteiger partial charge in [0.15, 0.2) is 6.20 Å². The number of alkyl halides is 3. The number of halogens is 3. The molecule has 0 spiro atoms. The second-order valence-corrected chi connectivity index (χ2v) is 6.04. The lowest BCUT2D eigenvalue weighted by molar-refractivity contribution is -0.608. The summed E-state index contributed by atoms with van der Waals surface area (Å²) in [5, 5.41) is 11.8. The molecule has 0 unspecified atom stereocenters. The molecule has 1 aliphatic rings. The minimum atomic E-state index is -4.39. The first-order valence-electron chi connectivity index (χ1n) is 8.04. The molecule has 0 saturated carbocycles. The summed E-state index contributed by atoms with van der Waals surface area (Å²) >= 11 is 0. The number of likely N-dealkylation sites (tertiary alicyclic amines) is 1. The topological polar surface area (TPSA) is 47.2 Å². The van der Waals surface area contributed by atoms with Crippen LogP contribution in [0.3, 0.4) is 0 Å². The van der Waals surface area contributed by atoms with Crippen LogP contribution in [0.25, 0.3) is 0 Å². The SMILES string of the molecule is O=C(c1cccc[n+]1[O-])N1CCCC[C@@H]1c1ccc(C(F)(F)F)cc1. The van der Waals surface area contributed by atoms with E-state index in [0.29, 0.717) is 23.3 Å². The monoisotopic (exact) mass is 350 g/mol. The predicted molar refractivity (Wildman–Crippen MR) is 84.5 cm³/mol. The highest BCUT2D eigenvalue weighted by Crippen LogP contribution is 2.34. The number of carbonyl (C=O) groups excluding carboxylic acids is 1. The van der Waals surface area contributed by atoms with E-state index in [4.69, 9.17) is 0 Å². The molecule has 0 N–H and O–H groups in total. The Bertz CT molecular complexity index is 760. The van der Waals surface area contributed by atoms with Gasteiger partial charge in [-0.2, -0.15) is 17.9 Å². The minimum Gasteiger partial charge on any atom is -0.618 e. The summed E-state index contributed by atoms with van der Waals surface area (Å²) in [7, 11) is 0. The van der Waals surface area contributed by atoms with Crippen LogP contribution in [-0.2, 0) is 6.18 Å². The second-order valence-electron chi connectivity index (χ2n) is 6.04. The third-order valence-electron chi connectivity index (χ3n) is 4.43. The molecular formula is C18H17F3N2O2. The van der Waals surface area contributed by atoms with E-state index in [2.05, 4.69) is 0 Å². The standard InChI is InChI=1S/C18H17F3N2O2/c19-18(20,21)14-9-7-13(8-10-14)15-5-1-3-11-22(15)17(24)16-6-2-4-12-23(16)25/h2,4,6-10,12,15H,1,3,5,11H2/t15-/m1/s1. The van der Waals surface area contributed by atoms with Crippen molar-refractivity contribution in [2.24, 2.45) is 0 Å². The number of rotatable bonds is 2. The summed E-state index contributed by atoms with van der Waals surface area (Å²) in [6, 6.07) is 9.15. The Morgan fingerprint density at radius 3 is 2.48 bits per heavy atom. The van der Waals surface area contributed by atoms with Crippen molar-refractivity contribution in [3.05, 3.63) is 70.7 Å². The van der Waals surface area contributed by atoms with Gasteiger partial charge < -0.3 is 10.1 Å². The third-order valence-corrected chi connectivity index (χ3v) is 4.43. The Morgan fingerprint density at radius 2 is 1.84 bits per heavy atom. The van der Waals surface area contributed by atoms with Gasteiger partial charge in [-0.25, -0.2) is 0 Å². The van der Waals surface area contributed by atoms with Gasteiger partial charge in [0.25, 0.3) is 5.69 Å². The molecule has 25 heavy (non-hydrogen) atoms. The van der Waals surface area contributed by atoms with Crippen molar-refractivity contribution in [2.45, 2.75) is 31.5 Å². The summed E-state index contributed by atoms with van der Waals surface area (Å²) < 4.78 is 38.7. The zero-order chi connectivity index (χ0) is 18.0. The molecule has 1 saturated heterocycles. The van der Waals surface area contributed by atoms with E-state index >= 15 is 0 Å². The van der Waals surface area contributed by atoms with Gasteiger partial charge >= 0.3 is 12.1 Å². The van der Waals surface area contributed by atoms with Gasteiger partial charge in [0, 0.05) is 18.7 Å². The van der Waals surface area contributed by atoms with E-state index in [9.17, 15) is 23.2 Å². The summed E-state index contributed by atoms with van der Waals surface area (Å²) in [4.78, 5) is 14.3. The number of hydrogen-bond acceptors (Lipinski definition) is 2. The van der Waals surface area contributed by atoms with E-state index < -0.39 is 17.6 Å². The fourth-order valence-corrected chi connectivity index (χ4v) is 3.16. The first-order valence-corrected chi connectivity index (χ1v) is 8.04. The van der Waals surface area contributed by atoms with E-state index in [1.54, 1.807) is 11.0 Å². The summed E-state index contributed by atoms with van der Waals surface area (Å²) in [5.74, 6) is -0.403. The lowest BCUT2D eigenvalue weighted by Crippen LogP contribution is -2.44. The smallest absolute Gasteiger partial charge is 0.416 e. The van der Waals surface area contributed by atoms with Crippen LogP contribution in [0.15, 0.2) is 48.7 Å². The summed E-state index contributed by atoms with van der Waals surface area (Å²) in [5.41, 5.74) is -0.0545. The molecule has 1 aromatic heterocycles. The molecule has 2 aromatic rings. The largest absolute Gasteiger partial charge is 0.618 e. The number of carbonyl (C=O) groups is 1. The number of aromatic nitrogens is 1. The van der Waals surface area contributed by atoms with E-state index in [-0.39, 0.29) is 11.7 Å². The van der Waals surface area contributed by atoms with Crippen LogP contribution in [0.4, 0.5) is 13.2 Å². The van der Waals surface area contributed by atoms with E-state index in [0.717, 1.165) is 25.0 Å². The first kappa shape index (κ1) is 17.3. The molecular weight excluding hydrogens is 333 g/mol. The normalized spacial score (nSPS) is 18.2. The molecule has 4 nitrogen and oxygen atoms in total. The van der Waals surface area contributed by atoms with Crippen LogP contribution in [0.2, 0.25) is 0 Å². The molecule has 7 heteroatoms. The van der Waals surface area contributed by atoms with Crippen molar-refractivity contribution in [3.8, 4) is 0 Å². The number of benzene rings is 1. The van der Waals surface area contributed by atoms with Crippen molar-refractivity contribution >= 4 is 5.91 Å². The molecule has 1 atom stereocenters. The molecule has 0 bridgehead atoms. The van der Waals surface area contributed by atoms with Crippen LogP contribution in [-0.4, -0.2) is 17.4 Å². The molecule has 0 aliphatic carbocycles. The van der Waals surface area contributed by atoms with Gasteiger partial charge in [0.2, 0.25) is 0 Å². The number of hydrogen-bond donors (Lipinski definition) is 0. The van der Waals surface area contributed by atoms with Gasteiger partial charge in [0.1, 0.15) is 0 Å². The van der Waals surface area contributed by atoms with Gasteiger partial charge in [-0.05, 0) is 43.0 Å². The lowest BCUT2D eigenvalue weighted by atomic mass is 9.94. The molecule has 132 valence electrons. The maximum absolute atomic E-state index is 12.8. The quantitative estimate of drug-likeness (QED) is 0.612. The van der Waals surface area contributed by atoms with Crippen LogP contribution >= 0.6 is 0 Å². The minimum absolute atomic E-state index is 0.0151. The molecule has 2 heterocycles. The average Bonchev–Trinajstić information content (AvgIpc) is 2.61. The van der Waals surface area contributed by atoms with Crippen molar-refractivity contribution in [2.75, 3.05) is 6.54 Å². The van der Waals surface area contributed by atoms with Gasteiger partial charge in [-0.1, -0.05) is 12.1 Å². The molecule has 1 fully saturated rings. The van der Waals surface area contributed by atoms with Crippen LogP contribution in [0.1, 0.15) is 46.9 Å². The van der Waals surface area contributed by atoms with Crippen molar-refractivity contribution in [3.63, 3.8) is 0 Å². The fraction of sp³-hybridized carbons (Fsp3) is 0.333. The Balaban J connectivity index is 1.89. The fourth-order valence-electron chi connectivity index (χ4n) is 3.16. The maximum Gasteiger partial charge on any atom is 0.416 e. The third kappa shape index (κ3) is 3.60. The Labute approximate surface area is 143 Å². The average molecular weight is 350 g/mol. The Morgan fingerprint density at radius 1 is 1.12 bits per heavy atom. The van der Waals surface area contributed by atoms with E-state index in [1.165, 1.54) is 30.5 Å². The molecule has 3 rings (SSSR count). The number of piperidine rings is 1. The van der Waals surface area contributed by atoms with Gasteiger partial charge in [-0.3, -0.25) is 4.79 Å². The van der Waals surface area contributed by atoms with Gasteiger partial charge in [0.05, 0.1) is 11.6 Å². The molecule has 1 aliphatic heterocycles.